The standard InChI is InChI=1S/C17H20N2O3S2/c1-12(17-18-6-10-24-17)19(2)16(20)5-9-23-13-3-4-14-15(11-13)22-8-7-21-14/h3-4,6,10-12H,5,7-9H2,1-2H3/t12-/m1/s1. The van der Waals surface area contributed by atoms with Gasteiger partial charge in [-0.3, -0.25) is 4.79 Å². The summed E-state index contributed by atoms with van der Waals surface area (Å²) in [6.45, 7) is 3.18. The molecule has 7 heteroatoms. The van der Waals surface area contributed by atoms with Crippen LogP contribution in [0.5, 0.6) is 11.5 Å². The molecular weight excluding hydrogens is 344 g/mol. The highest BCUT2D eigenvalue weighted by molar-refractivity contribution is 7.99. The molecule has 0 bridgehead atoms. The Morgan fingerprint density at radius 2 is 2.17 bits per heavy atom. The number of rotatable bonds is 6. The van der Waals surface area contributed by atoms with E-state index in [9.17, 15) is 4.79 Å². The molecule has 1 aromatic heterocycles. The predicted molar refractivity (Wildman–Crippen MR) is 96.1 cm³/mol. The number of hydrogen-bond donors (Lipinski definition) is 0. The molecule has 0 unspecified atom stereocenters. The zero-order chi connectivity index (χ0) is 16.9. The summed E-state index contributed by atoms with van der Waals surface area (Å²) in [5.41, 5.74) is 0. The van der Waals surface area contributed by atoms with Gasteiger partial charge in [-0.2, -0.15) is 0 Å². The fraction of sp³-hybridized carbons (Fsp3) is 0.412. The summed E-state index contributed by atoms with van der Waals surface area (Å²) >= 11 is 3.23. The van der Waals surface area contributed by atoms with E-state index in [1.807, 2.05) is 37.6 Å². The fourth-order valence-electron chi connectivity index (χ4n) is 2.37. The molecule has 1 aliphatic rings. The number of benzene rings is 1. The van der Waals surface area contributed by atoms with Crippen molar-refractivity contribution in [2.75, 3.05) is 26.0 Å². The van der Waals surface area contributed by atoms with Gasteiger partial charge in [-0.15, -0.1) is 23.1 Å². The Bertz CT molecular complexity index is 691. The Balaban J connectivity index is 1.50. The minimum atomic E-state index is 0.0109. The van der Waals surface area contributed by atoms with Crippen LogP contribution in [0.1, 0.15) is 24.4 Å². The largest absolute Gasteiger partial charge is 0.486 e. The van der Waals surface area contributed by atoms with Gasteiger partial charge >= 0.3 is 0 Å². The first kappa shape index (κ1) is 17.1. The maximum absolute atomic E-state index is 12.3. The van der Waals surface area contributed by atoms with Gasteiger partial charge in [-0.05, 0) is 25.1 Å². The Labute approximate surface area is 150 Å². The highest BCUT2D eigenvalue weighted by Crippen LogP contribution is 2.34. The van der Waals surface area contributed by atoms with Crippen LogP contribution in [-0.2, 0) is 4.79 Å². The number of fused-ring (bicyclic) bond motifs is 1. The number of nitrogens with zero attached hydrogens (tertiary/aromatic N) is 2. The lowest BCUT2D eigenvalue weighted by Crippen LogP contribution is -2.29. The van der Waals surface area contributed by atoms with Gasteiger partial charge in [0.2, 0.25) is 5.91 Å². The molecule has 0 radical (unpaired) electrons. The van der Waals surface area contributed by atoms with Crippen molar-refractivity contribution >= 4 is 29.0 Å². The summed E-state index contributed by atoms with van der Waals surface area (Å²) < 4.78 is 11.1. The molecule has 1 aromatic carbocycles. The van der Waals surface area contributed by atoms with Crippen LogP contribution in [0.3, 0.4) is 0 Å². The second-order valence-electron chi connectivity index (χ2n) is 5.45. The van der Waals surface area contributed by atoms with Crippen LogP contribution in [0.2, 0.25) is 0 Å². The average molecular weight is 364 g/mol. The van der Waals surface area contributed by atoms with Crippen molar-refractivity contribution in [3.63, 3.8) is 0 Å². The molecule has 1 amide bonds. The minimum Gasteiger partial charge on any atom is -0.486 e. The number of amides is 1. The van der Waals surface area contributed by atoms with E-state index in [0.717, 1.165) is 27.2 Å². The number of aromatic nitrogens is 1. The predicted octanol–water partition coefficient (Wildman–Crippen LogP) is 3.62. The second kappa shape index (κ2) is 7.90. The van der Waals surface area contributed by atoms with E-state index < -0.39 is 0 Å². The van der Waals surface area contributed by atoms with Crippen LogP contribution in [0, 0.1) is 0 Å². The summed E-state index contributed by atoms with van der Waals surface area (Å²) in [4.78, 5) is 19.5. The Kier molecular flexibility index (Phi) is 5.63. The lowest BCUT2D eigenvalue weighted by Gasteiger charge is -2.23. The second-order valence-corrected chi connectivity index (χ2v) is 7.55. The number of thioether (sulfide) groups is 1. The third kappa shape index (κ3) is 4.02. The van der Waals surface area contributed by atoms with E-state index >= 15 is 0 Å². The highest BCUT2D eigenvalue weighted by Gasteiger charge is 2.19. The van der Waals surface area contributed by atoms with Crippen molar-refractivity contribution in [2.45, 2.75) is 24.3 Å². The van der Waals surface area contributed by atoms with Crippen LogP contribution in [0.15, 0.2) is 34.7 Å². The monoisotopic (exact) mass is 364 g/mol. The van der Waals surface area contributed by atoms with Crippen LogP contribution in [0.25, 0.3) is 0 Å². The Morgan fingerprint density at radius 3 is 2.92 bits per heavy atom. The minimum absolute atomic E-state index is 0.0109. The summed E-state index contributed by atoms with van der Waals surface area (Å²) in [5, 5.41) is 2.90. The molecule has 0 N–H and O–H groups in total. The molecule has 0 aliphatic carbocycles. The van der Waals surface area contributed by atoms with Crippen LogP contribution in [-0.4, -0.2) is 41.8 Å². The zero-order valence-corrected chi connectivity index (χ0v) is 15.4. The lowest BCUT2D eigenvalue weighted by atomic mass is 10.3. The highest BCUT2D eigenvalue weighted by atomic mass is 32.2. The Hall–Kier alpha value is -1.73. The fourth-order valence-corrected chi connectivity index (χ4v) is 3.97. The number of ether oxygens (including phenoxy) is 2. The van der Waals surface area contributed by atoms with E-state index in [-0.39, 0.29) is 11.9 Å². The van der Waals surface area contributed by atoms with Crippen LogP contribution in [0.4, 0.5) is 0 Å². The summed E-state index contributed by atoms with van der Waals surface area (Å²) in [5.74, 6) is 2.43. The van der Waals surface area contributed by atoms with Gasteiger partial charge in [0, 0.05) is 35.7 Å². The lowest BCUT2D eigenvalue weighted by molar-refractivity contribution is -0.131. The van der Waals surface area contributed by atoms with Crippen molar-refractivity contribution in [3.8, 4) is 11.5 Å². The molecule has 1 atom stereocenters. The SMILES string of the molecule is C[C@H](c1nccs1)N(C)C(=O)CCSc1ccc2c(c1)OCCO2. The summed E-state index contributed by atoms with van der Waals surface area (Å²) in [6, 6.07) is 5.92. The molecule has 5 nitrogen and oxygen atoms in total. The van der Waals surface area contributed by atoms with Crippen LogP contribution >= 0.6 is 23.1 Å². The van der Waals surface area contributed by atoms with Gasteiger partial charge in [0.15, 0.2) is 11.5 Å². The normalized spacial score (nSPS) is 14.2. The quantitative estimate of drug-likeness (QED) is 0.733. The van der Waals surface area contributed by atoms with Gasteiger partial charge in [0.1, 0.15) is 18.2 Å². The maximum Gasteiger partial charge on any atom is 0.223 e. The van der Waals surface area contributed by atoms with E-state index in [2.05, 4.69) is 4.98 Å². The number of hydrogen-bond acceptors (Lipinski definition) is 6. The maximum atomic E-state index is 12.3. The van der Waals surface area contributed by atoms with Crippen molar-refractivity contribution in [3.05, 3.63) is 34.8 Å². The van der Waals surface area contributed by atoms with Crippen molar-refractivity contribution in [1.29, 1.82) is 0 Å². The van der Waals surface area contributed by atoms with Gasteiger partial charge in [0.25, 0.3) is 0 Å². The Morgan fingerprint density at radius 1 is 1.38 bits per heavy atom. The molecule has 24 heavy (non-hydrogen) atoms. The average Bonchev–Trinajstić information content (AvgIpc) is 3.15. The molecule has 2 aromatic rings. The molecule has 3 rings (SSSR count). The first-order valence-corrected chi connectivity index (χ1v) is 9.69. The molecule has 128 valence electrons. The first-order chi connectivity index (χ1) is 11.6. The molecule has 1 aliphatic heterocycles. The molecule has 0 fully saturated rings. The molecule has 0 spiro atoms. The topological polar surface area (TPSA) is 51.7 Å². The van der Waals surface area contributed by atoms with E-state index in [0.29, 0.717) is 19.6 Å². The van der Waals surface area contributed by atoms with Gasteiger partial charge in [-0.1, -0.05) is 0 Å². The first-order valence-electron chi connectivity index (χ1n) is 7.82. The van der Waals surface area contributed by atoms with Crippen LogP contribution < -0.4 is 9.47 Å². The zero-order valence-electron chi connectivity index (χ0n) is 13.7. The summed E-state index contributed by atoms with van der Waals surface area (Å²) in [7, 11) is 1.84. The third-order valence-electron chi connectivity index (χ3n) is 3.88. The van der Waals surface area contributed by atoms with Crippen molar-refractivity contribution in [1.82, 2.24) is 9.88 Å². The van der Waals surface area contributed by atoms with Gasteiger partial charge in [0.05, 0.1) is 6.04 Å². The smallest absolute Gasteiger partial charge is 0.223 e. The summed E-state index contributed by atoms with van der Waals surface area (Å²) in [6.07, 6.45) is 2.26. The molecule has 0 saturated heterocycles. The van der Waals surface area contributed by atoms with E-state index in [1.54, 1.807) is 34.2 Å². The van der Waals surface area contributed by atoms with Crippen molar-refractivity contribution in [2.24, 2.45) is 0 Å². The van der Waals surface area contributed by atoms with E-state index in [1.165, 1.54) is 0 Å². The van der Waals surface area contributed by atoms with Crippen molar-refractivity contribution < 1.29 is 14.3 Å². The number of thiazole rings is 1. The van der Waals surface area contributed by atoms with Gasteiger partial charge in [-0.25, -0.2) is 4.98 Å². The molecular formula is C17H20N2O3S2. The number of carbonyl (C=O) groups excluding carboxylic acids is 1. The molecule has 0 saturated carbocycles. The van der Waals surface area contributed by atoms with Gasteiger partial charge < -0.3 is 14.4 Å². The number of carbonyl (C=O) groups is 1. The third-order valence-corrected chi connectivity index (χ3v) is 5.82. The van der Waals surface area contributed by atoms with E-state index in [4.69, 9.17) is 9.47 Å². The molecule has 2 heterocycles.